The normalized spacial score (nSPS) is 16.6. The molecule has 1 aromatic rings. The van der Waals surface area contributed by atoms with Gasteiger partial charge in [0.05, 0.1) is 11.6 Å². The molecule has 2 nitrogen and oxygen atoms in total. The molecular weight excluding hydrogens is 234 g/mol. The first-order chi connectivity index (χ1) is 8.24. The van der Waals surface area contributed by atoms with E-state index in [0.29, 0.717) is 17.7 Å². The first kappa shape index (κ1) is 12.6. The van der Waals surface area contributed by atoms with Crippen LogP contribution in [0, 0.1) is 5.92 Å². The van der Waals surface area contributed by atoms with Gasteiger partial charge in [0, 0.05) is 11.7 Å². The summed E-state index contributed by atoms with van der Waals surface area (Å²) in [6.45, 7) is 4.83. The Hall–Kier alpha value is -0.890. The van der Waals surface area contributed by atoms with Gasteiger partial charge in [-0.25, -0.2) is 0 Å². The van der Waals surface area contributed by atoms with Crippen LogP contribution in [0.3, 0.4) is 0 Å². The molecule has 1 unspecified atom stereocenters. The van der Waals surface area contributed by atoms with E-state index in [1.54, 1.807) is 0 Å². The monoisotopic (exact) mass is 253 g/mol. The first-order valence-corrected chi connectivity index (χ1v) is 6.81. The standard InChI is InChI=1S/C14H20ClNO/c1-3-13(10-5-6-10)16-11-7-8-14(17-4-2)12(15)9-11/h7-10,13,16H,3-6H2,1-2H3. The fourth-order valence-electron chi connectivity index (χ4n) is 2.13. The van der Waals surface area contributed by atoms with Crippen LogP contribution in [0.15, 0.2) is 18.2 Å². The van der Waals surface area contributed by atoms with Crippen molar-refractivity contribution in [3.63, 3.8) is 0 Å². The van der Waals surface area contributed by atoms with Crippen molar-refractivity contribution in [2.24, 2.45) is 5.92 Å². The maximum atomic E-state index is 6.17. The van der Waals surface area contributed by atoms with Crippen LogP contribution in [-0.4, -0.2) is 12.6 Å². The maximum Gasteiger partial charge on any atom is 0.138 e. The van der Waals surface area contributed by atoms with E-state index in [0.717, 1.165) is 23.8 Å². The molecule has 0 aliphatic heterocycles. The van der Waals surface area contributed by atoms with Crippen molar-refractivity contribution in [2.75, 3.05) is 11.9 Å². The first-order valence-electron chi connectivity index (χ1n) is 6.43. The Labute approximate surface area is 108 Å². The number of rotatable bonds is 6. The van der Waals surface area contributed by atoms with Gasteiger partial charge in [0.25, 0.3) is 0 Å². The third-order valence-corrected chi connectivity index (χ3v) is 3.51. The molecule has 0 saturated heterocycles. The van der Waals surface area contributed by atoms with Crippen LogP contribution in [-0.2, 0) is 0 Å². The van der Waals surface area contributed by atoms with Crippen molar-refractivity contribution in [1.29, 1.82) is 0 Å². The highest BCUT2D eigenvalue weighted by Gasteiger charge is 2.29. The molecule has 0 bridgehead atoms. The molecular formula is C14H20ClNO. The Morgan fingerprint density at radius 3 is 2.71 bits per heavy atom. The molecule has 3 heteroatoms. The summed E-state index contributed by atoms with van der Waals surface area (Å²) in [7, 11) is 0. The zero-order chi connectivity index (χ0) is 12.3. The fourth-order valence-corrected chi connectivity index (χ4v) is 2.36. The van der Waals surface area contributed by atoms with Gasteiger partial charge < -0.3 is 10.1 Å². The molecule has 1 aliphatic rings. The van der Waals surface area contributed by atoms with Crippen molar-refractivity contribution in [3.05, 3.63) is 23.2 Å². The van der Waals surface area contributed by atoms with E-state index >= 15 is 0 Å². The van der Waals surface area contributed by atoms with Crippen LogP contribution in [0.5, 0.6) is 5.75 Å². The number of halogens is 1. The molecule has 1 saturated carbocycles. The highest BCUT2D eigenvalue weighted by atomic mass is 35.5. The van der Waals surface area contributed by atoms with Crippen LogP contribution < -0.4 is 10.1 Å². The van der Waals surface area contributed by atoms with E-state index in [1.165, 1.54) is 12.8 Å². The largest absolute Gasteiger partial charge is 0.492 e. The van der Waals surface area contributed by atoms with Gasteiger partial charge in [-0.3, -0.25) is 0 Å². The van der Waals surface area contributed by atoms with Crippen molar-refractivity contribution < 1.29 is 4.74 Å². The molecule has 1 N–H and O–H groups in total. The average Bonchev–Trinajstić information content (AvgIpc) is 3.13. The van der Waals surface area contributed by atoms with E-state index in [-0.39, 0.29) is 0 Å². The summed E-state index contributed by atoms with van der Waals surface area (Å²) in [6.07, 6.45) is 3.88. The zero-order valence-corrected chi connectivity index (χ0v) is 11.3. The number of ether oxygens (including phenoxy) is 1. The van der Waals surface area contributed by atoms with Crippen LogP contribution in [0.1, 0.15) is 33.1 Å². The lowest BCUT2D eigenvalue weighted by Crippen LogP contribution is -2.20. The second kappa shape index (κ2) is 5.63. The molecule has 94 valence electrons. The Balaban J connectivity index is 2.03. The quantitative estimate of drug-likeness (QED) is 0.814. The predicted octanol–water partition coefficient (Wildman–Crippen LogP) is 4.34. The maximum absolute atomic E-state index is 6.17. The molecule has 2 rings (SSSR count). The number of hydrogen-bond donors (Lipinski definition) is 1. The van der Waals surface area contributed by atoms with Gasteiger partial charge in [-0.2, -0.15) is 0 Å². The fraction of sp³-hybridized carbons (Fsp3) is 0.571. The van der Waals surface area contributed by atoms with Crippen LogP contribution in [0.25, 0.3) is 0 Å². The van der Waals surface area contributed by atoms with Gasteiger partial charge in [0.2, 0.25) is 0 Å². The van der Waals surface area contributed by atoms with Gasteiger partial charge >= 0.3 is 0 Å². The lowest BCUT2D eigenvalue weighted by molar-refractivity contribution is 0.340. The summed E-state index contributed by atoms with van der Waals surface area (Å²) in [5, 5.41) is 4.24. The molecule has 0 radical (unpaired) electrons. The number of hydrogen-bond acceptors (Lipinski definition) is 2. The highest BCUT2D eigenvalue weighted by Crippen LogP contribution is 2.36. The smallest absolute Gasteiger partial charge is 0.138 e. The van der Waals surface area contributed by atoms with Gasteiger partial charge in [-0.15, -0.1) is 0 Å². The summed E-state index contributed by atoms with van der Waals surface area (Å²) >= 11 is 6.17. The second-order valence-corrected chi connectivity index (χ2v) is 4.98. The third-order valence-electron chi connectivity index (χ3n) is 3.21. The molecule has 0 amide bonds. The van der Waals surface area contributed by atoms with E-state index in [2.05, 4.69) is 12.2 Å². The molecule has 0 heterocycles. The van der Waals surface area contributed by atoms with Gasteiger partial charge in [0.1, 0.15) is 5.75 Å². The van der Waals surface area contributed by atoms with E-state index in [1.807, 2.05) is 25.1 Å². The summed E-state index contributed by atoms with van der Waals surface area (Å²) in [5.41, 5.74) is 1.09. The molecule has 0 aromatic heterocycles. The van der Waals surface area contributed by atoms with Crippen molar-refractivity contribution in [3.8, 4) is 5.75 Å². The van der Waals surface area contributed by atoms with Crippen molar-refractivity contribution >= 4 is 17.3 Å². The molecule has 17 heavy (non-hydrogen) atoms. The Bertz CT molecular complexity index is 376. The van der Waals surface area contributed by atoms with Crippen LogP contribution >= 0.6 is 11.6 Å². The topological polar surface area (TPSA) is 21.3 Å². The Morgan fingerprint density at radius 2 is 2.18 bits per heavy atom. The minimum Gasteiger partial charge on any atom is -0.492 e. The highest BCUT2D eigenvalue weighted by molar-refractivity contribution is 6.32. The lowest BCUT2D eigenvalue weighted by atomic mass is 10.1. The molecule has 1 fully saturated rings. The van der Waals surface area contributed by atoms with Crippen LogP contribution in [0.4, 0.5) is 5.69 Å². The van der Waals surface area contributed by atoms with Crippen molar-refractivity contribution in [1.82, 2.24) is 0 Å². The minimum absolute atomic E-state index is 0.587. The summed E-state index contributed by atoms with van der Waals surface area (Å²) in [5.74, 6) is 1.62. The molecule has 0 spiro atoms. The SMILES string of the molecule is CCOc1ccc(NC(CC)C2CC2)cc1Cl. The zero-order valence-electron chi connectivity index (χ0n) is 10.5. The molecule has 1 aliphatic carbocycles. The number of anilines is 1. The van der Waals surface area contributed by atoms with Gasteiger partial charge in [-0.1, -0.05) is 18.5 Å². The predicted molar refractivity (Wildman–Crippen MR) is 73.0 cm³/mol. The van der Waals surface area contributed by atoms with Crippen LogP contribution in [0.2, 0.25) is 5.02 Å². The third kappa shape index (κ3) is 3.29. The average molecular weight is 254 g/mol. The lowest BCUT2D eigenvalue weighted by Gasteiger charge is -2.18. The molecule has 1 atom stereocenters. The summed E-state index contributed by atoms with van der Waals surface area (Å²) in [4.78, 5) is 0. The van der Waals surface area contributed by atoms with E-state index < -0.39 is 0 Å². The summed E-state index contributed by atoms with van der Waals surface area (Å²) in [6, 6.07) is 6.52. The Kier molecular flexibility index (Phi) is 4.16. The Morgan fingerprint density at radius 1 is 1.41 bits per heavy atom. The number of nitrogens with one attached hydrogen (secondary N) is 1. The van der Waals surface area contributed by atoms with Gasteiger partial charge in [-0.05, 0) is 50.3 Å². The second-order valence-electron chi connectivity index (χ2n) is 4.57. The van der Waals surface area contributed by atoms with Crippen molar-refractivity contribution in [2.45, 2.75) is 39.2 Å². The minimum atomic E-state index is 0.587. The van der Waals surface area contributed by atoms with E-state index in [4.69, 9.17) is 16.3 Å². The molecule has 1 aromatic carbocycles. The van der Waals surface area contributed by atoms with E-state index in [9.17, 15) is 0 Å². The summed E-state index contributed by atoms with van der Waals surface area (Å²) < 4.78 is 5.42. The number of benzene rings is 1. The van der Waals surface area contributed by atoms with Gasteiger partial charge in [0.15, 0.2) is 0 Å².